The van der Waals surface area contributed by atoms with Gasteiger partial charge in [0.15, 0.2) is 0 Å². The second-order valence-corrected chi connectivity index (χ2v) is 10.9. The summed E-state index contributed by atoms with van der Waals surface area (Å²) in [6.45, 7) is 3.57. The molecule has 0 saturated carbocycles. The molecule has 42 heavy (non-hydrogen) atoms. The molecule has 0 bridgehead atoms. The molecule has 1 aromatic carbocycles. The molecule has 2 N–H and O–H groups in total. The molecule has 0 atom stereocenters. The van der Waals surface area contributed by atoms with Gasteiger partial charge in [-0.25, -0.2) is 9.37 Å². The average Bonchev–Trinajstić information content (AvgIpc) is 3.76. The standard InChI is InChI=1S/C32H31FN8O/c1-40(2)23-12-21(16-34-17-23)27-5-6-28-31(37-27)32(39-38-28)29-15-25-26(18-35-19-30(25)36-29)20-11-22(33)14-24(13-20)42-10-9-41-7-3-4-8-41/h5-6,11-19,36H,3-4,7-10H2,1-2H3,(H,38,39). The van der Waals surface area contributed by atoms with Gasteiger partial charge in [-0.1, -0.05) is 0 Å². The molecule has 6 aromatic rings. The molecule has 0 amide bonds. The number of nitrogens with one attached hydrogen (secondary N) is 2. The van der Waals surface area contributed by atoms with Crippen molar-refractivity contribution in [1.29, 1.82) is 0 Å². The molecule has 5 aromatic heterocycles. The second-order valence-electron chi connectivity index (χ2n) is 10.9. The minimum atomic E-state index is -0.348. The van der Waals surface area contributed by atoms with Crippen molar-refractivity contribution in [3.8, 4) is 39.5 Å². The maximum absolute atomic E-state index is 14.7. The van der Waals surface area contributed by atoms with Gasteiger partial charge in [-0.2, -0.15) is 5.10 Å². The highest BCUT2D eigenvalue weighted by molar-refractivity contribution is 6.00. The molecular weight excluding hydrogens is 531 g/mol. The Morgan fingerprint density at radius 3 is 2.64 bits per heavy atom. The van der Waals surface area contributed by atoms with E-state index >= 15 is 0 Å². The molecule has 0 spiro atoms. The molecule has 10 heteroatoms. The summed E-state index contributed by atoms with van der Waals surface area (Å²) in [6, 6.07) is 12.8. The van der Waals surface area contributed by atoms with Gasteiger partial charge in [0.1, 0.15) is 29.4 Å². The average molecular weight is 563 g/mol. The zero-order chi connectivity index (χ0) is 28.6. The number of nitrogens with zero attached hydrogens (tertiary/aromatic N) is 6. The molecule has 0 radical (unpaired) electrons. The van der Waals surface area contributed by atoms with E-state index in [-0.39, 0.29) is 5.82 Å². The number of likely N-dealkylation sites (tertiary alicyclic amines) is 1. The van der Waals surface area contributed by atoms with Gasteiger partial charge in [0, 0.05) is 55.6 Å². The summed E-state index contributed by atoms with van der Waals surface area (Å²) in [7, 11) is 3.97. The van der Waals surface area contributed by atoms with Crippen LogP contribution in [0.25, 0.3) is 55.7 Å². The van der Waals surface area contributed by atoms with E-state index in [0.29, 0.717) is 23.6 Å². The largest absolute Gasteiger partial charge is 0.492 e. The topological polar surface area (TPSA) is 98.9 Å². The number of anilines is 1. The van der Waals surface area contributed by atoms with E-state index in [0.717, 1.165) is 69.8 Å². The number of pyridine rings is 3. The molecule has 6 heterocycles. The first-order chi connectivity index (χ1) is 20.5. The van der Waals surface area contributed by atoms with Crippen molar-refractivity contribution in [1.82, 2.24) is 35.0 Å². The summed E-state index contributed by atoms with van der Waals surface area (Å²) in [6.07, 6.45) is 9.61. The number of ether oxygens (including phenoxy) is 1. The smallest absolute Gasteiger partial charge is 0.135 e. The number of H-pyrrole nitrogens is 2. The molecule has 212 valence electrons. The Bertz CT molecular complexity index is 1890. The molecule has 1 fully saturated rings. The van der Waals surface area contributed by atoms with Crippen LogP contribution in [0, 0.1) is 5.82 Å². The number of halogens is 1. The Morgan fingerprint density at radius 2 is 1.79 bits per heavy atom. The van der Waals surface area contributed by atoms with Gasteiger partial charge in [-0.3, -0.25) is 20.0 Å². The lowest BCUT2D eigenvalue weighted by Gasteiger charge is -2.15. The lowest BCUT2D eigenvalue weighted by Crippen LogP contribution is -2.25. The van der Waals surface area contributed by atoms with Gasteiger partial charge in [-0.15, -0.1) is 0 Å². The first-order valence-electron chi connectivity index (χ1n) is 14.1. The lowest BCUT2D eigenvalue weighted by molar-refractivity contribution is 0.237. The summed E-state index contributed by atoms with van der Waals surface area (Å²) in [4.78, 5) is 21.6. The Balaban J connectivity index is 1.22. The highest BCUT2D eigenvalue weighted by Crippen LogP contribution is 2.35. The Labute approximate surface area is 242 Å². The first-order valence-corrected chi connectivity index (χ1v) is 14.1. The third-order valence-corrected chi connectivity index (χ3v) is 7.80. The summed E-state index contributed by atoms with van der Waals surface area (Å²) >= 11 is 0. The number of rotatable bonds is 8. The molecule has 0 unspecified atom stereocenters. The number of aromatic nitrogens is 6. The number of hydrogen-bond acceptors (Lipinski definition) is 7. The SMILES string of the molecule is CN(C)c1cncc(-c2ccc3[nH]nc(-c4cc5c(-c6cc(F)cc(OCCN7CCCC7)c6)cncc5[nH]4)c3n2)c1. The minimum Gasteiger partial charge on any atom is -0.492 e. The Hall–Kier alpha value is -4.83. The summed E-state index contributed by atoms with van der Waals surface area (Å²) in [5.41, 5.74) is 8.08. The van der Waals surface area contributed by atoms with Crippen molar-refractivity contribution in [3.63, 3.8) is 0 Å². The fourth-order valence-electron chi connectivity index (χ4n) is 5.57. The van der Waals surface area contributed by atoms with Crippen LogP contribution in [0.4, 0.5) is 10.1 Å². The predicted molar refractivity (Wildman–Crippen MR) is 163 cm³/mol. The van der Waals surface area contributed by atoms with E-state index in [4.69, 9.17) is 9.72 Å². The van der Waals surface area contributed by atoms with Crippen LogP contribution >= 0.6 is 0 Å². The highest BCUT2D eigenvalue weighted by Gasteiger charge is 2.17. The summed E-state index contributed by atoms with van der Waals surface area (Å²) in [5, 5.41) is 8.60. The van der Waals surface area contributed by atoms with Crippen molar-refractivity contribution in [2.75, 3.05) is 45.2 Å². The van der Waals surface area contributed by atoms with E-state index in [2.05, 4.69) is 36.1 Å². The van der Waals surface area contributed by atoms with E-state index in [1.54, 1.807) is 12.4 Å². The Morgan fingerprint density at radius 1 is 0.929 bits per heavy atom. The third-order valence-electron chi connectivity index (χ3n) is 7.80. The van der Waals surface area contributed by atoms with Crippen molar-refractivity contribution >= 4 is 27.6 Å². The van der Waals surface area contributed by atoms with Gasteiger partial charge in [0.05, 0.1) is 40.5 Å². The first kappa shape index (κ1) is 26.1. The monoisotopic (exact) mass is 562 g/mol. The fraction of sp³-hybridized carbons (Fsp3) is 0.250. The van der Waals surface area contributed by atoms with Crippen LogP contribution in [0.2, 0.25) is 0 Å². The zero-order valence-corrected chi connectivity index (χ0v) is 23.6. The molecule has 1 saturated heterocycles. The maximum Gasteiger partial charge on any atom is 0.135 e. The number of benzene rings is 1. The van der Waals surface area contributed by atoms with Crippen LogP contribution in [0.5, 0.6) is 5.75 Å². The van der Waals surface area contributed by atoms with Crippen molar-refractivity contribution in [2.45, 2.75) is 12.8 Å². The zero-order valence-electron chi connectivity index (χ0n) is 23.6. The molecule has 1 aliphatic heterocycles. The summed E-state index contributed by atoms with van der Waals surface area (Å²) in [5.74, 6) is 0.166. The summed E-state index contributed by atoms with van der Waals surface area (Å²) < 4.78 is 20.7. The van der Waals surface area contributed by atoms with Crippen LogP contribution in [0.15, 0.2) is 67.3 Å². The Kier molecular flexibility index (Phi) is 6.75. The van der Waals surface area contributed by atoms with E-state index in [1.165, 1.54) is 25.0 Å². The fourth-order valence-corrected chi connectivity index (χ4v) is 5.57. The van der Waals surface area contributed by atoms with Gasteiger partial charge < -0.3 is 14.6 Å². The molecular formula is C32H31FN8O. The van der Waals surface area contributed by atoms with Gasteiger partial charge in [0.2, 0.25) is 0 Å². The molecule has 1 aliphatic rings. The van der Waals surface area contributed by atoms with Gasteiger partial charge in [0.25, 0.3) is 0 Å². The van der Waals surface area contributed by atoms with Crippen LogP contribution < -0.4 is 9.64 Å². The molecule has 7 rings (SSSR count). The van der Waals surface area contributed by atoms with Gasteiger partial charge >= 0.3 is 0 Å². The van der Waals surface area contributed by atoms with E-state index in [1.807, 2.05) is 55.7 Å². The number of aromatic amines is 2. The van der Waals surface area contributed by atoms with Crippen molar-refractivity contribution in [3.05, 3.63) is 73.1 Å². The van der Waals surface area contributed by atoms with Crippen molar-refractivity contribution in [2.24, 2.45) is 0 Å². The lowest BCUT2D eigenvalue weighted by atomic mass is 10.0. The van der Waals surface area contributed by atoms with Gasteiger partial charge in [-0.05, 0) is 67.9 Å². The quantitative estimate of drug-likeness (QED) is 0.238. The van der Waals surface area contributed by atoms with E-state index in [9.17, 15) is 4.39 Å². The predicted octanol–water partition coefficient (Wildman–Crippen LogP) is 5.91. The normalized spacial score (nSPS) is 13.8. The second kappa shape index (κ2) is 10.9. The molecule has 0 aliphatic carbocycles. The van der Waals surface area contributed by atoms with Crippen LogP contribution in [0.1, 0.15) is 12.8 Å². The minimum absolute atomic E-state index is 0.348. The molecule has 9 nitrogen and oxygen atoms in total. The number of hydrogen-bond donors (Lipinski definition) is 2. The van der Waals surface area contributed by atoms with Crippen LogP contribution in [-0.2, 0) is 0 Å². The van der Waals surface area contributed by atoms with Crippen molar-refractivity contribution < 1.29 is 9.13 Å². The highest BCUT2D eigenvalue weighted by atomic mass is 19.1. The van der Waals surface area contributed by atoms with E-state index < -0.39 is 0 Å². The van der Waals surface area contributed by atoms with Crippen LogP contribution in [-0.4, -0.2) is 75.4 Å². The third kappa shape index (κ3) is 5.05. The maximum atomic E-state index is 14.7. The van der Waals surface area contributed by atoms with Crippen LogP contribution in [0.3, 0.4) is 0 Å². The number of fused-ring (bicyclic) bond motifs is 2.